The summed E-state index contributed by atoms with van der Waals surface area (Å²) in [5.41, 5.74) is 4.65. The zero-order valence-corrected chi connectivity index (χ0v) is 26.3. The largest absolute Gasteiger partial charge is 0.465 e. The second-order valence-electron chi connectivity index (χ2n) is 11.8. The third-order valence-corrected chi connectivity index (χ3v) is 9.39. The average molecular weight is 641 g/mol. The van der Waals surface area contributed by atoms with Crippen molar-refractivity contribution in [1.82, 2.24) is 14.7 Å². The summed E-state index contributed by atoms with van der Waals surface area (Å²) < 4.78 is 2.01. The number of likely N-dealkylation sites (tertiary alicyclic amines) is 1. The van der Waals surface area contributed by atoms with E-state index in [0.717, 1.165) is 38.7 Å². The highest BCUT2D eigenvalue weighted by molar-refractivity contribution is 6.33. The first-order valence-corrected chi connectivity index (χ1v) is 16.1. The van der Waals surface area contributed by atoms with E-state index < -0.39 is 17.6 Å². The number of aromatic nitrogens is 2. The minimum Gasteiger partial charge on any atom is -0.465 e. The Morgan fingerprint density at radius 2 is 1.36 bits per heavy atom. The second kappa shape index (κ2) is 12.8. The van der Waals surface area contributed by atoms with Gasteiger partial charge in [-0.25, -0.2) is 9.48 Å². The number of hydrogen-bond donors (Lipinski definition) is 2. The standard InChI is InChI=1S/C39H33ClN4O3/c40-34-21-11-10-20-32(34)27-22-23-35-33(25-27)36(41-37(45)28-13-12-24-43(26-28)38(46)47)42-44(35)39(29-14-4-1-5-15-29,30-16-6-2-7-17-30)31-18-8-3-9-19-31/h1-11,14-23,25,28H,12-13,24,26H2,(H,46,47)(H,41,42,45)/t28-/m1/s1. The van der Waals surface area contributed by atoms with Gasteiger partial charge in [0.1, 0.15) is 5.54 Å². The molecule has 0 bridgehead atoms. The average Bonchev–Trinajstić information content (AvgIpc) is 3.47. The fraction of sp³-hybridized carbons (Fsp3) is 0.154. The Labute approximate surface area is 278 Å². The molecule has 0 radical (unpaired) electrons. The van der Waals surface area contributed by atoms with Crippen molar-refractivity contribution in [3.05, 3.63) is 155 Å². The summed E-state index contributed by atoms with van der Waals surface area (Å²) in [6.07, 6.45) is 0.205. The molecule has 2 amide bonds. The lowest BCUT2D eigenvalue weighted by Crippen LogP contribution is -2.43. The number of carbonyl (C=O) groups excluding carboxylic acids is 1. The maximum absolute atomic E-state index is 13.9. The van der Waals surface area contributed by atoms with Crippen LogP contribution in [-0.4, -0.2) is 44.9 Å². The number of piperidine rings is 1. The van der Waals surface area contributed by atoms with Crippen LogP contribution in [0.5, 0.6) is 0 Å². The first-order chi connectivity index (χ1) is 23.0. The smallest absolute Gasteiger partial charge is 0.407 e. The number of hydrogen-bond acceptors (Lipinski definition) is 3. The molecule has 1 saturated heterocycles. The second-order valence-corrected chi connectivity index (χ2v) is 12.2. The maximum atomic E-state index is 13.9. The number of nitrogens with zero attached hydrogens (tertiary/aromatic N) is 3. The number of fused-ring (bicyclic) bond motifs is 1. The van der Waals surface area contributed by atoms with Crippen molar-refractivity contribution in [2.45, 2.75) is 18.4 Å². The van der Waals surface area contributed by atoms with Crippen LogP contribution in [0.3, 0.4) is 0 Å². The summed E-state index contributed by atoms with van der Waals surface area (Å²) in [6.45, 7) is 0.568. The Bertz CT molecular complexity index is 1950. The van der Waals surface area contributed by atoms with Crippen LogP contribution in [0.25, 0.3) is 22.0 Å². The minimum atomic E-state index is -1.01. The van der Waals surface area contributed by atoms with Gasteiger partial charge in [0.15, 0.2) is 5.82 Å². The van der Waals surface area contributed by atoms with Crippen LogP contribution in [-0.2, 0) is 10.3 Å². The zero-order valence-electron chi connectivity index (χ0n) is 25.6. The number of carbonyl (C=O) groups is 2. The molecule has 0 saturated carbocycles. The number of benzene rings is 5. The normalized spacial score (nSPS) is 15.0. The molecular formula is C39H33ClN4O3. The van der Waals surface area contributed by atoms with Gasteiger partial charge in [-0.1, -0.05) is 127 Å². The fourth-order valence-electron chi connectivity index (χ4n) is 6.82. The molecule has 47 heavy (non-hydrogen) atoms. The van der Waals surface area contributed by atoms with Crippen LogP contribution >= 0.6 is 11.6 Å². The topological polar surface area (TPSA) is 87.5 Å². The van der Waals surface area contributed by atoms with E-state index >= 15 is 0 Å². The van der Waals surface area contributed by atoms with Crippen LogP contribution in [0.15, 0.2) is 133 Å². The summed E-state index contributed by atoms with van der Waals surface area (Å²) in [6, 6.07) is 44.5. The molecule has 1 fully saturated rings. The molecule has 0 aliphatic carbocycles. The Hall–Kier alpha value is -5.40. The molecule has 5 aromatic carbocycles. The molecular weight excluding hydrogens is 608 g/mol. The summed E-state index contributed by atoms with van der Waals surface area (Å²) >= 11 is 6.65. The van der Waals surface area contributed by atoms with Crippen molar-refractivity contribution in [3.63, 3.8) is 0 Å². The molecule has 0 unspecified atom stereocenters. The summed E-state index contributed by atoms with van der Waals surface area (Å²) in [7, 11) is 0. The van der Waals surface area contributed by atoms with Gasteiger partial charge in [0, 0.05) is 29.1 Å². The number of rotatable bonds is 7. The van der Waals surface area contributed by atoms with E-state index in [1.807, 2.05) is 102 Å². The third-order valence-electron chi connectivity index (χ3n) is 9.06. The number of nitrogens with one attached hydrogen (secondary N) is 1. The Balaban J connectivity index is 1.48. The molecule has 2 heterocycles. The number of anilines is 1. The van der Waals surface area contributed by atoms with E-state index in [-0.39, 0.29) is 12.5 Å². The Morgan fingerprint density at radius 1 is 0.787 bits per heavy atom. The zero-order chi connectivity index (χ0) is 32.4. The molecule has 0 spiro atoms. The first-order valence-electron chi connectivity index (χ1n) is 15.7. The maximum Gasteiger partial charge on any atom is 0.407 e. The van der Waals surface area contributed by atoms with Crippen LogP contribution in [0.2, 0.25) is 5.02 Å². The van der Waals surface area contributed by atoms with E-state index in [2.05, 4.69) is 41.7 Å². The third kappa shape index (κ3) is 5.53. The highest BCUT2D eigenvalue weighted by Gasteiger charge is 2.41. The van der Waals surface area contributed by atoms with E-state index in [0.29, 0.717) is 30.2 Å². The van der Waals surface area contributed by atoms with Crippen molar-refractivity contribution in [1.29, 1.82) is 0 Å². The first kappa shape index (κ1) is 30.3. The molecule has 1 aliphatic heterocycles. The summed E-state index contributed by atoms with van der Waals surface area (Å²) in [5.74, 6) is -0.345. The predicted octanol–water partition coefficient (Wildman–Crippen LogP) is 8.53. The lowest BCUT2D eigenvalue weighted by atomic mass is 9.77. The fourth-order valence-corrected chi connectivity index (χ4v) is 7.06. The summed E-state index contributed by atoms with van der Waals surface area (Å²) in [5, 5.41) is 19.4. The highest BCUT2D eigenvalue weighted by Crippen LogP contribution is 2.44. The number of amides is 2. The molecule has 1 atom stereocenters. The van der Waals surface area contributed by atoms with Crippen molar-refractivity contribution >= 4 is 40.3 Å². The Kier molecular flexibility index (Phi) is 8.23. The van der Waals surface area contributed by atoms with Crippen LogP contribution in [0.4, 0.5) is 10.6 Å². The highest BCUT2D eigenvalue weighted by atomic mass is 35.5. The molecule has 8 heteroatoms. The molecule has 1 aromatic heterocycles. The lowest BCUT2D eigenvalue weighted by molar-refractivity contribution is -0.121. The van der Waals surface area contributed by atoms with E-state index in [1.54, 1.807) is 0 Å². The molecule has 6 aromatic rings. The van der Waals surface area contributed by atoms with Gasteiger partial charge in [-0.3, -0.25) is 4.79 Å². The van der Waals surface area contributed by atoms with Crippen molar-refractivity contribution in [2.24, 2.45) is 5.92 Å². The number of halogens is 1. The van der Waals surface area contributed by atoms with E-state index in [4.69, 9.17) is 16.7 Å². The van der Waals surface area contributed by atoms with Gasteiger partial charge in [0.2, 0.25) is 5.91 Å². The quantitative estimate of drug-likeness (QED) is 0.171. The molecule has 7 nitrogen and oxygen atoms in total. The van der Waals surface area contributed by atoms with Crippen LogP contribution in [0.1, 0.15) is 29.5 Å². The van der Waals surface area contributed by atoms with E-state index in [9.17, 15) is 14.7 Å². The predicted molar refractivity (Wildman–Crippen MR) is 186 cm³/mol. The van der Waals surface area contributed by atoms with Gasteiger partial charge in [-0.05, 0) is 53.3 Å². The lowest BCUT2D eigenvalue weighted by Gasteiger charge is -2.37. The van der Waals surface area contributed by atoms with E-state index in [1.165, 1.54) is 4.90 Å². The van der Waals surface area contributed by atoms with Gasteiger partial charge in [-0.15, -0.1) is 0 Å². The Morgan fingerprint density at radius 3 is 1.94 bits per heavy atom. The van der Waals surface area contributed by atoms with Gasteiger partial charge >= 0.3 is 6.09 Å². The van der Waals surface area contributed by atoms with Crippen LogP contribution < -0.4 is 5.32 Å². The van der Waals surface area contributed by atoms with Gasteiger partial charge in [0.25, 0.3) is 0 Å². The van der Waals surface area contributed by atoms with Gasteiger partial charge < -0.3 is 15.3 Å². The summed E-state index contributed by atoms with van der Waals surface area (Å²) in [4.78, 5) is 26.9. The number of carboxylic acid groups (broad SMARTS) is 1. The van der Waals surface area contributed by atoms with Crippen molar-refractivity contribution in [3.8, 4) is 11.1 Å². The monoisotopic (exact) mass is 640 g/mol. The van der Waals surface area contributed by atoms with Crippen molar-refractivity contribution < 1.29 is 14.7 Å². The van der Waals surface area contributed by atoms with Gasteiger partial charge in [0.05, 0.1) is 11.4 Å². The van der Waals surface area contributed by atoms with Crippen molar-refractivity contribution in [2.75, 3.05) is 18.4 Å². The molecule has 1 aliphatic rings. The van der Waals surface area contributed by atoms with Crippen LogP contribution in [0, 0.1) is 5.92 Å². The molecule has 7 rings (SSSR count). The molecule has 234 valence electrons. The van der Waals surface area contributed by atoms with Gasteiger partial charge in [-0.2, -0.15) is 5.10 Å². The molecule has 2 N–H and O–H groups in total. The SMILES string of the molecule is O=C(Nc1nn(C(c2ccccc2)(c2ccccc2)c2ccccc2)c2ccc(-c3ccccc3Cl)cc12)[C@@H]1CCCN(C(=O)O)C1. The minimum absolute atomic E-state index is 0.146.